The third-order valence-corrected chi connectivity index (χ3v) is 1.74. The van der Waals surface area contributed by atoms with Gasteiger partial charge in [-0.15, -0.1) is 0 Å². The van der Waals surface area contributed by atoms with Crippen molar-refractivity contribution in [1.29, 1.82) is 0 Å². The quantitative estimate of drug-likeness (QED) is 0.418. The van der Waals surface area contributed by atoms with E-state index in [1.165, 1.54) is 19.2 Å². The zero-order valence-corrected chi connectivity index (χ0v) is 7.56. The highest BCUT2D eigenvalue weighted by Gasteiger charge is 2.16. The lowest BCUT2D eigenvalue weighted by molar-refractivity contribution is -0.385. The van der Waals surface area contributed by atoms with Crippen molar-refractivity contribution in [3.05, 3.63) is 45.3 Å². The molecule has 0 unspecified atom stereocenters. The largest absolute Gasteiger partial charge is 0.497 e. The molecule has 1 aromatic rings. The Morgan fingerprint density at radius 1 is 1.64 bits per heavy atom. The van der Waals surface area contributed by atoms with Crippen LogP contribution in [-0.2, 0) is 6.54 Å². The van der Waals surface area contributed by atoms with Gasteiger partial charge in [0.05, 0.1) is 18.1 Å². The average molecular weight is 192 g/mol. The Bertz CT molecular complexity index is 396. The predicted octanol–water partition coefficient (Wildman–Crippen LogP) is 2.02. The van der Waals surface area contributed by atoms with E-state index in [4.69, 9.17) is 11.3 Å². The van der Waals surface area contributed by atoms with E-state index < -0.39 is 4.92 Å². The summed E-state index contributed by atoms with van der Waals surface area (Å²) in [6, 6.07) is 4.46. The van der Waals surface area contributed by atoms with E-state index in [-0.39, 0.29) is 12.2 Å². The standard InChI is InChI=1S/C9H8N2O3/c1-10-6-7-3-4-8(14-2)5-9(7)11(12)13/h3-5H,6H2,2H3. The summed E-state index contributed by atoms with van der Waals surface area (Å²) < 4.78 is 4.86. The third-order valence-electron chi connectivity index (χ3n) is 1.74. The fourth-order valence-electron chi connectivity index (χ4n) is 1.06. The van der Waals surface area contributed by atoms with E-state index in [0.717, 1.165) is 0 Å². The second-order valence-electron chi connectivity index (χ2n) is 2.57. The average Bonchev–Trinajstić information content (AvgIpc) is 2.18. The van der Waals surface area contributed by atoms with E-state index >= 15 is 0 Å². The van der Waals surface area contributed by atoms with Crippen LogP contribution < -0.4 is 4.74 Å². The van der Waals surface area contributed by atoms with Crippen LogP contribution in [0.15, 0.2) is 18.2 Å². The molecular formula is C9H8N2O3. The summed E-state index contributed by atoms with van der Waals surface area (Å²) in [5.41, 5.74) is 0.339. The number of methoxy groups -OCH3 is 1. The zero-order chi connectivity index (χ0) is 10.6. The van der Waals surface area contributed by atoms with Gasteiger partial charge in [0.2, 0.25) is 6.54 Å². The molecule has 5 heteroatoms. The summed E-state index contributed by atoms with van der Waals surface area (Å²) in [6.45, 7) is 6.66. The molecule has 1 aromatic carbocycles. The summed E-state index contributed by atoms with van der Waals surface area (Å²) in [5, 5.41) is 10.6. The van der Waals surface area contributed by atoms with Gasteiger partial charge in [-0.1, -0.05) is 0 Å². The van der Waals surface area contributed by atoms with Crippen molar-refractivity contribution in [2.24, 2.45) is 0 Å². The Morgan fingerprint density at radius 3 is 2.86 bits per heavy atom. The van der Waals surface area contributed by atoms with Crippen LogP contribution in [0.5, 0.6) is 5.75 Å². The molecule has 0 aliphatic rings. The number of ether oxygens (including phenoxy) is 1. The fourth-order valence-corrected chi connectivity index (χ4v) is 1.06. The fraction of sp³-hybridized carbons (Fsp3) is 0.222. The molecule has 0 aliphatic heterocycles. The van der Waals surface area contributed by atoms with Crippen LogP contribution >= 0.6 is 0 Å². The van der Waals surface area contributed by atoms with Crippen LogP contribution in [0.25, 0.3) is 4.85 Å². The Morgan fingerprint density at radius 2 is 2.36 bits per heavy atom. The minimum absolute atomic E-state index is 0.0142. The third kappa shape index (κ3) is 1.98. The van der Waals surface area contributed by atoms with Gasteiger partial charge in [-0.25, -0.2) is 6.57 Å². The number of rotatable bonds is 3. The van der Waals surface area contributed by atoms with Gasteiger partial charge < -0.3 is 9.58 Å². The number of nitrogens with zero attached hydrogens (tertiary/aromatic N) is 2. The van der Waals surface area contributed by atoms with Crippen molar-refractivity contribution in [1.82, 2.24) is 0 Å². The Kier molecular flexibility index (Phi) is 3.02. The summed E-state index contributed by atoms with van der Waals surface area (Å²) >= 11 is 0. The van der Waals surface area contributed by atoms with E-state index in [9.17, 15) is 10.1 Å². The molecule has 72 valence electrons. The number of benzene rings is 1. The first-order chi connectivity index (χ1) is 6.69. The molecule has 0 heterocycles. The summed E-state index contributed by atoms with van der Waals surface area (Å²) in [7, 11) is 1.44. The van der Waals surface area contributed by atoms with Crippen LogP contribution in [0, 0.1) is 16.7 Å². The van der Waals surface area contributed by atoms with Gasteiger partial charge >= 0.3 is 0 Å². The zero-order valence-electron chi connectivity index (χ0n) is 7.56. The lowest BCUT2D eigenvalue weighted by Crippen LogP contribution is -1.95. The SMILES string of the molecule is [C-]#[N+]Cc1ccc(OC)cc1[N+](=O)[O-]. The maximum Gasteiger partial charge on any atom is 0.283 e. The van der Waals surface area contributed by atoms with Gasteiger partial charge in [0.1, 0.15) is 11.3 Å². The molecule has 0 bridgehead atoms. The molecule has 5 nitrogen and oxygen atoms in total. The lowest BCUT2D eigenvalue weighted by Gasteiger charge is -2.00. The van der Waals surface area contributed by atoms with Crippen molar-refractivity contribution < 1.29 is 9.66 Å². The molecule has 0 aromatic heterocycles. The van der Waals surface area contributed by atoms with Gasteiger partial charge in [-0.05, 0) is 12.1 Å². The van der Waals surface area contributed by atoms with Crippen LogP contribution in [-0.4, -0.2) is 12.0 Å². The smallest absolute Gasteiger partial charge is 0.283 e. The first-order valence-corrected chi connectivity index (χ1v) is 3.83. The first kappa shape index (κ1) is 9.99. The van der Waals surface area contributed by atoms with E-state index in [1.54, 1.807) is 6.07 Å². The molecule has 0 radical (unpaired) electrons. The topological polar surface area (TPSA) is 56.7 Å². The maximum absolute atomic E-state index is 10.6. The van der Waals surface area contributed by atoms with Gasteiger partial charge in [-0.2, -0.15) is 0 Å². The summed E-state index contributed by atoms with van der Waals surface area (Å²) in [6.07, 6.45) is 0. The number of nitro groups is 1. The molecule has 0 amide bonds. The number of hydrogen-bond donors (Lipinski definition) is 0. The molecule has 0 spiro atoms. The molecule has 0 fully saturated rings. The monoisotopic (exact) mass is 192 g/mol. The van der Waals surface area contributed by atoms with Gasteiger partial charge in [0, 0.05) is 0 Å². The van der Waals surface area contributed by atoms with E-state index in [2.05, 4.69) is 4.85 Å². The minimum atomic E-state index is -0.511. The van der Waals surface area contributed by atoms with Gasteiger partial charge in [0.25, 0.3) is 5.69 Å². The Labute approximate surface area is 80.9 Å². The van der Waals surface area contributed by atoms with Crippen LogP contribution in [0.4, 0.5) is 5.69 Å². The highest BCUT2D eigenvalue weighted by atomic mass is 16.6. The summed E-state index contributed by atoms with van der Waals surface area (Å²) in [5.74, 6) is 0.422. The van der Waals surface area contributed by atoms with Crippen molar-refractivity contribution in [3.63, 3.8) is 0 Å². The normalized spacial score (nSPS) is 9.14. The first-order valence-electron chi connectivity index (χ1n) is 3.83. The van der Waals surface area contributed by atoms with Gasteiger partial charge in [0.15, 0.2) is 0 Å². The van der Waals surface area contributed by atoms with Crippen LogP contribution in [0.1, 0.15) is 5.56 Å². The lowest BCUT2D eigenvalue weighted by atomic mass is 10.2. The molecule has 0 aliphatic carbocycles. The minimum Gasteiger partial charge on any atom is -0.497 e. The van der Waals surface area contributed by atoms with Crippen LogP contribution in [0.3, 0.4) is 0 Å². The second kappa shape index (κ2) is 4.23. The number of hydrogen-bond acceptors (Lipinski definition) is 3. The van der Waals surface area contributed by atoms with Gasteiger partial charge in [-0.3, -0.25) is 10.1 Å². The Hall–Kier alpha value is -2.09. The summed E-state index contributed by atoms with van der Waals surface area (Å²) in [4.78, 5) is 13.2. The second-order valence-corrected chi connectivity index (χ2v) is 2.57. The molecule has 0 saturated heterocycles. The molecule has 0 saturated carbocycles. The van der Waals surface area contributed by atoms with Crippen molar-refractivity contribution in [2.45, 2.75) is 6.54 Å². The molecular weight excluding hydrogens is 184 g/mol. The Balaban J connectivity index is 3.18. The van der Waals surface area contributed by atoms with Crippen molar-refractivity contribution >= 4 is 5.69 Å². The molecule has 14 heavy (non-hydrogen) atoms. The van der Waals surface area contributed by atoms with Crippen molar-refractivity contribution in [2.75, 3.05) is 7.11 Å². The van der Waals surface area contributed by atoms with Crippen molar-refractivity contribution in [3.8, 4) is 5.75 Å². The number of nitro benzene ring substituents is 1. The molecule has 0 atom stereocenters. The molecule has 0 N–H and O–H groups in total. The highest BCUT2D eigenvalue weighted by Crippen LogP contribution is 2.24. The predicted molar refractivity (Wildman–Crippen MR) is 50.0 cm³/mol. The highest BCUT2D eigenvalue weighted by molar-refractivity contribution is 5.46. The van der Waals surface area contributed by atoms with E-state index in [0.29, 0.717) is 11.3 Å². The maximum atomic E-state index is 10.6. The molecule has 1 rings (SSSR count). The van der Waals surface area contributed by atoms with E-state index in [1.807, 2.05) is 0 Å². The van der Waals surface area contributed by atoms with Crippen LogP contribution in [0.2, 0.25) is 0 Å².